The number of rotatable bonds is 4. The van der Waals surface area contributed by atoms with Crippen molar-refractivity contribution in [3.05, 3.63) is 39.3 Å². The number of nitrogens with zero attached hydrogens (tertiary/aromatic N) is 1. The Morgan fingerprint density at radius 1 is 1.33 bits per heavy atom. The molecular formula is C12H12Cl2N2O2. The minimum absolute atomic E-state index is 0.0480. The van der Waals surface area contributed by atoms with Crippen LogP contribution in [0.2, 0.25) is 10.0 Å². The molecule has 0 spiro atoms. The monoisotopic (exact) mass is 286 g/mol. The van der Waals surface area contributed by atoms with Gasteiger partial charge >= 0.3 is 0 Å². The van der Waals surface area contributed by atoms with Crippen LogP contribution in [0.5, 0.6) is 0 Å². The Kier molecular flexibility index (Phi) is 3.90. The van der Waals surface area contributed by atoms with Crippen LogP contribution in [0.4, 0.5) is 0 Å². The summed E-state index contributed by atoms with van der Waals surface area (Å²) in [5, 5.41) is 27.8. The predicted octanol–water partition coefficient (Wildman–Crippen LogP) is 2.97. The average molecular weight is 287 g/mol. The Labute approximate surface area is 114 Å². The Bertz CT molecular complexity index is 505. The van der Waals surface area contributed by atoms with Gasteiger partial charge in [-0.2, -0.15) is 0 Å². The summed E-state index contributed by atoms with van der Waals surface area (Å²) in [6.07, 6.45) is 4.50. The zero-order valence-electron chi connectivity index (χ0n) is 9.45. The number of hydrogen-bond acceptors (Lipinski definition) is 4. The summed E-state index contributed by atoms with van der Waals surface area (Å²) in [5.41, 5.74) is 0.399. The molecule has 0 aliphatic heterocycles. The van der Waals surface area contributed by atoms with Crippen molar-refractivity contribution in [1.82, 2.24) is 4.98 Å². The fraction of sp³-hybridized carbons (Fsp3) is 0.333. The third-order valence-electron chi connectivity index (χ3n) is 2.84. The number of allylic oxidation sites excluding steroid dienone is 1. The van der Waals surface area contributed by atoms with Crippen LogP contribution in [0.1, 0.15) is 18.4 Å². The van der Waals surface area contributed by atoms with E-state index in [1.165, 1.54) is 12.4 Å². The SMILES string of the molecule is N=C(/C(CO)=C(\O)C1CC1)c1c(Cl)cncc1Cl. The van der Waals surface area contributed by atoms with Crippen molar-refractivity contribution >= 4 is 28.9 Å². The maximum Gasteiger partial charge on any atom is 0.103 e. The smallest absolute Gasteiger partial charge is 0.103 e. The van der Waals surface area contributed by atoms with Gasteiger partial charge in [-0.1, -0.05) is 23.2 Å². The van der Waals surface area contributed by atoms with Gasteiger partial charge in [0.25, 0.3) is 0 Å². The standard InChI is InChI=1S/C12H12Cl2N2O2/c13-8-3-16-4-9(14)10(8)11(15)7(5-17)12(18)6-1-2-6/h3-4,6,15,17-18H,1-2,5H2/b12-7-,15-11?. The maximum atomic E-state index is 9.94. The lowest BCUT2D eigenvalue weighted by molar-refractivity contribution is 0.314. The van der Waals surface area contributed by atoms with Crippen molar-refractivity contribution in [2.75, 3.05) is 6.61 Å². The van der Waals surface area contributed by atoms with E-state index in [0.29, 0.717) is 0 Å². The van der Waals surface area contributed by atoms with Crippen molar-refractivity contribution in [3.63, 3.8) is 0 Å². The summed E-state index contributed by atoms with van der Waals surface area (Å²) < 4.78 is 0. The van der Waals surface area contributed by atoms with Crippen LogP contribution in [0.15, 0.2) is 23.7 Å². The van der Waals surface area contributed by atoms with Crippen LogP contribution in [-0.4, -0.2) is 27.5 Å². The molecule has 0 bridgehead atoms. The minimum atomic E-state index is -0.420. The van der Waals surface area contributed by atoms with Gasteiger partial charge in [0.2, 0.25) is 0 Å². The Morgan fingerprint density at radius 3 is 2.33 bits per heavy atom. The highest BCUT2D eigenvalue weighted by Gasteiger charge is 2.30. The molecule has 1 fully saturated rings. The van der Waals surface area contributed by atoms with Gasteiger partial charge in [0.15, 0.2) is 0 Å². The molecule has 96 valence electrons. The second kappa shape index (κ2) is 5.26. The molecule has 0 unspecified atom stereocenters. The predicted molar refractivity (Wildman–Crippen MR) is 70.6 cm³/mol. The van der Waals surface area contributed by atoms with Crippen LogP contribution < -0.4 is 0 Å². The molecule has 0 amide bonds. The van der Waals surface area contributed by atoms with Crippen LogP contribution in [0, 0.1) is 11.3 Å². The van der Waals surface area contributed by atoms with Gasteiger partial charge in [0.1, 0.15) is 5.76 Å². The molecule has 0 saturated heterocycles. The number of aliphatic hydroxyl groups excluding tert-OH is 2. The molecule has 4 nitrogen and oxygen atoms in total. The number of aliphatic hydroxyl groups is 2. The lowest BCUT2D eigenvalue weighted by Crippen LogP contribution is -2.12. The molecule has 2 rings (SSSR count). The number of hydrogen-bond donors (Lipinski definition) is 3. The first kappa shape index (κ1) is 13.3. The highest BCUT2D eigenvalue weighted by atomic mass is 35.5. The lowest BCUT2D eigenvalue weighted by Gasteiger charge is -2.12. The Hall–Kier alpha value is -1.10. The van der Waals surface area contributed by atoms with Crippen LogP contribution in [0.25, 0.3) is 0 Å². The van der Waals surface area contributed by atoms with E-state index in [1.807, 2.05) is 0 Å². The van der Waals surface area contributed by atoms with Crippen molar-refractivity contribution in [2.45, 2.75) is 12.8 Å². The Morgan fingerprint density at radius 2 is 1.89 bits per heavy atom. The molecule has 1 saturated carbocycles. The summed E-state index contributed by atoms with van der Waals surface area (Å²) in [7, 11) is 0. The summed E-state index contributed by atoms with van der Waals surface area (Å²) in [5.74, 6) is 0.110. The van der Waals surface area contributed by atoms with Crippen molar-refractivity contribution in [1.29, 1.82) is 5.41 Å². The first-order valence-corrected chi connectivity index (χ1v) is 6.23. The van der Waals surface area contributed by atoms with E-state index in [9.17, 15) is 10.2 Å². The zero-order valence-corrected chi connectivity index (χ0v) is 11.0. The number of aromatic nitrogens is 1. The molecule has 0 atom stereocenters. The second-order valence-corrected chi connectivity index (χ2v) is 4.96. The number of nitrogens with one attached hydrogen (secondary N) is 1. The summed E-state index contributed by atoms with van der Waals surface area (Å²) in [6.45, 7) is -0.420. The normalized spacial score (nSPS) is 16.4. The molecule has 1 aliphatic carbocycles. The molecule has 18 heavy (non-hydrogen) atoms. The fourth-order valence-electron chi connectivity index (χ4n) is 1.69. The summed E-state index contributed by atoms with van der Waals surface area (Å²) in [6, 6.07) is 0. The highest BCUT2D eigenvalue weighted by molar-refractivity contribution is 6.41. The van der Waals surface area contributed by atoms with Gasteiger partial charge in [-0.25, -0.2) is 0 Å². The van der Waals surface area contributed by atoms with Gasteiger partial charge in [-0.3, -0.25) is 10.4 Å². The quantitative estimate of drug-likeness (QED) is 0.588. The molecule has 1 aliphatic rings. The topological polar surface area (TPSA) is 77.2 Å². The highest BCUT2D eigenvalue weighted by Crippen LogP contribution is 2.37. The second-order valence-electron chi connectivity index (χ2n) is 4.15. The van der Waals surface area contributed by atoms with Crippen LogP contribution >= 0.6 is 23.2 Å². The van der Waals surface area contributed by atoms with Crippen molar-refractivity contribution in [2.24, 2.45) is 5.92 Å². The van der Waals surface area contributed by atoms with Crippen LogP contribution in [0.3, 0.4) is 0 Å². The first-order chi connectivity index (χ1) is 8.56. The average Bonchev–Trinajstić information content (AvgIpc) is 3.13. The number of halogens is 2. The fourth-order valence-corrected chi connectivity index (χ4v) is 2.25. The number of pyridine rings is 1. The molecule has 6 heteroatoms. The largest absolute Gasteiger partial charge is 0.512 e. The van der Waals surface area contributed by atoms with E-state index < -0.39 is 6.61 Å². The third-order valence-corrected chi connectivity index (χ3v) is 3.41. The maximum absolute atomic E-state index is 9.94. The molecule has 1 aromatic rings. The van der Waals surface area contributed by atoms with E-state index in [2.05, 4.69) is 4.98 Å². The van der Waals surface area contributed by atoms with E-state index in [4.69, 9.17) is 28.6 Å². The zero-order chi connectivity index (χ0) is 13.3. The van der Waals surface area contributed by atoms with E-state index in [1.54, 1.807) is 0 Å². The summed E-state index contributed by atoms with van der Waals surface area (Å²) in [4.78, 5) is 3.80. The van der Waals surface area contributed by atoms with Crippen molar-refractivity contribution in [3.8, 4) is 0 Å². The van der Waals surface area contributed by atoms with E-state index in [0.717, 1.165) is 12.8 Å². The molecule has 0 aromatic carbocycles. The van der Waals surface area contributed by atoms with E-state index in [-0.39, 0.29) is 38.6 Å². The molecular weight excluding hydrogens is 275 g/mol. The van der Waals surface area contributed by atoms with Gasteiger partial charge < -0.3 is 10.2 Å². The summed E-state index contributed by atoms with van der Waals surface area (Å²) >= 11 is 11.9. The minimum Gasteiger partial charge on any atom is -0.512 e. The molecule has 1 heterocycles. The first-order valence-electron chi connectivity index (χ1n) is 5.47. The van der Waals surface area contributed by atoms with Crippen LogP contribution in [-0.2, 0) is 0 Å². The third kappa shape index (κ3) is 2.51. The van der Waals surface area contributed by atoms with Crippen molar-refractivity contribution < 1.29 is 10.2 Å². The Balaban J connectivity index is 2.44. The lowest BCUT2D eigenvalue weighted by atomic mass is 10.0. The molecule has 1 aromatic heterocycles. The molecule has 0 radical (unpaired) electrons. The van der Waals surface area contributed by atoms with E-state index >= 15 is 0 Å². The van der Waals surface area contributed by atoms with Gasteiger partial charge in [0.05, 0.1) is 22.4 Å². The molecule has 3 N–H and O–H groups in total. The van der Waals surface area contributed by atoms with Gasteiger partial charge in [-0.15, -0.1) is 0 Å². The van der Waals surface area contributed by atoms with Gasteiger partial charge in [0, 0.05) is 29.4 Å². The van der Waals surface area contributed by atoms with Gasteiger partial charge in [-0.05, 0) is 12.8 Å².